The van der Waals surface area contributed by atoms with E-state index in [4.69, 9.17) is 9.94 Å². The molecule has 7 nitrogen and oxygen atoms in total. The molecule has 1 aromatic rings. The molecule has 1 saturated carbocycles. The Hall–Kier alpha value is -2.44. The van der Waals surface area contributed by atoms with E-state index >= 15 is 0 Å². The van der Waals surface area contributed by atoms with Crippen molar-refractivity contribution in [3.05, 3.63) is 34.4 Å². The Balaban J connectivity index is 2.04. The summed E-state index contributed by atoms with van der Waals surface area (Å²) in [5.74, 6) is -0.666. The van der Waals surface area contributed by atoms with Crippen LogP contribution in [0.1, 0.15) is 32.1 Å². The number of nitrogens with zero attached hydrogens (tertiary/aromatic N) is 2. The van der Waals surface area contributed by atoms with Gasteiger partial charge >= 0.3 is 11.7 Å². The van der Waals surface area contributed by atoms with Gasteiger partial charge in [-0.15, -0.1) is 0 Å². The third-order valence-electron chi connectivity index (χ3n) is 3.40. The zero-order valence-electron chi connectivity index (χ0n) is 11.4. The summed E-state index contributed by atoms with van der Waals surface area (Å²) in [6, 6.07) is 6.03. The molecule has 0 bridgehead atoms. The Morgan fingerprint density at radius 2 is 2.24 bits per heavy atom. The fourth-order valence-electron chi connectivity index (χ4n) is 2.44. The zero-order chi connectivity index (χ0) is 15.2. The summed E-state index contributed by atoms with van der Waals surface area (Å²) in [6.45, 7) is 0. The third-order valence-corrected chi connectivity index (χ3v) is 3.40. The van der Waals surface area contributed by atoms with Gasteiger partial charge in [-0.2, -0.15) is 0 Å². The Kier molecular flexibility index (Phi) is 4.86. The van der Waals surface area contributed by atoms with E-state index in [9.17, 15) is 14.9 Å². The molecule has 1 unspecified atom stereocenters. The first-order chi connectivity index (χ1) is 10.1. The van der Waals surface area contributed by atoms with Crippen molar-refractivity contribution in [1.29, 1.82) is 0 Å². The zero-order valence-corrected chi connectivity index (χ0v) is 11.4. The molecule has 7 heteroatoms. The number of carboxylic acids is 1. The summed E-state index contributed by atoms with van der Waals surface area (Å²) in [6.07, 6.45) is 3.13. The summed E-state index contributed by atoms with van der Waals surface area (Å²) < 4.78 is 0. The first kappa shape index (κ1) is 15.0. The van der Waals surface area contributed by atoms with Gasteiger partial charge in [0.25, 0.3) is 0 Å². The number of carboxylic acid groups (broad SMARTS) is 1. The quantitative estimate of drug-likeness (QED) is 0.663. The molecule has 0 radical (unpaired) electrons. The molecule has 1 aromatic carbocycles. The molecule has 1 fully saturated rings. The van der Waals surface area contributed by atoms with Gasteiger partial charge in [0.2, 0.25) is 5.75 Å². The highest BCUT2D eigenvalue weighted by atomic mass is 16.6. The second kappa shape index (κ2) is 6.83. The summed E-state index contributed by atoms with van der Waals surface area (Å²) in [4.78, 5) is 26.3. The van der Waals surface area contributed by atoms with Crippen molar-refractivity contribution < 1.29 is 19.7 Å². The maximum atomic E-state index is 10.9. The van der Waals surface area contributed by atoms with Crippen LogP contribution in [0.5, 0.6) is 5.75 Å². The van der Waals surface area contributed by atoms with Crippen LogP contribution in [-0.2, 0) is 4.79 Å². The number of para-hydroxylation sites is 2. The molecule has 1 N–H and O–H groups in total. The lowest BCUT2D eigenvalue weighted by molar-refractivity contribution is -0.385. The number of nitro groups is 1. The van der Waals surface area contributed by atoms with Crippen molar-refractivity contribution in [2.24, 2.45) is 11.1 Å². The van der Waals surface area contributed by atoms with E-state index in [2.05, 4.69) is 5.16 Å². The van der Waals surface area contributed by atoms with E-state index in [0.29, 0.717) is 6.42 Å². The molecule has 1 aliphatic carbocycles. The predicted octanol–water partition coefficient (Wildman–Crippen LogP) is 2.99. The van der Waals surface area contributed by atoms with Crippen LogP contribution < -0.4 is 4.84 Å². The molecule has 112 valence electrons. The Morgan fingerprint density at radius 3 is 2.95 bits per heavy atom. The van der Waals surface area contributed by atoms with E-state index in [1.165, 1.54) is 12.1 Å². The van der Waals surface area contributed by atoms with Crippen LogP contribution in [0.25, 0.3) is 0 Å². The number of oxime groups is 1. The largest absolute Gasteiger partial charge is 0.481 e. The highest BCUT2D eigenvalue weighted by molar-refractivity contribution is 5.85. The van der Waals surface area contributed by atoms with Gasteiger partial charge in [-0.05, 0) is 37.7 Å². The molecule has 0 aliphatic heterocycles. The van der Waals surface area contributed by atoms with Crippen molar-refractivity contribution in [2.75, 3.05) is 0 Å². The third kappa shape index (κ3) is 4.27. The molecule has 0 amide bonds. The van der Waals surface area contributed by atoms with Crippen molar-refractivity contribution in [3.63, 3.8) is 0 Å². The van der Waals surface area contributed by atoms with E-state index in [1.807, 2.05) is 0 Å². The van der Waals surface area contributed by atoms with Crippen molar-refractivity contribution >= 4 is 17.4 Å². The maximum Gasteiger partial charge on any atom is 0.314 e. The predicted molar refractivity (Wildman–Crippen MR) is 75.4 cm³/mol. The average Bonchev–Trinajstić information content (AvgIpc) is 2.45. The SMILES string of the molecule is O=C(O)CC1CCCC(=NOc2ccccc2[N+](=O)[O-])C1. The first-order valence-corrected chi connectivity index (χ1v) is 6.74. The number of carbonyl (C=O) groups is 1. The van der Waals surface area contributed by atoms with Gasteiger partial charge in [0.05, 0.1) is 10.6 Å². The van der Waals surface area contributed by atoms with Gasteiger partial charge in [0.15, 0.2) is 0 Å². The highest BCUT2D eigenvalue weighted by Crippen LogP contribution is 2.28. The number of benzene rings is 1. The molecule has 0 spiro atoms. The number of hydrogen-bond donors (Lipinski definition) is 1. The van der Waals surface area contributed by atoms with Crippen molar-refractivity contribution in [3.8, 4) is 5.75 Å². The van der Waals surface area contributed by atoms with Gasteiger partial charge in [0.1, 0.15) is 0 Å². The standard InChI is InChI=1S/C14H16N2O5/c17-14(18)9-10-4-3-5-11(8-10)15-21-13-7-2-1-6-12(13)16(19)20/h1-2,6-7,10H,3-5,8-9H2,(H,17,18). The minimum atomic E-state index is -0.819. The van der Waals surface area contributed by atoms with Crippen LogP contribution in [0.4, 0.5) is 5.69 Å². The normalized spacial score (nSPS) is 20.2. The average molecular weight is 292 g/mol. The van der Waals surface area contributed by atoms with Gasteiger partial charge in [-0.3, -0.25) is 14.9 Å². The van der Waals surface area contributed by atoms with E-state index < -0.39 is 10.9 Å². The topological polar surface area (TPSA) is 102 Å². The van der Waals surface area contributed by atoms with Gasteiger partial charge in [0, 0.05) is 12.5 Å². The molecule has 0 heterocycles. The lowest BCUT2D eigenvalue weighted by Gasteiger charge is -2.21. The number of aliphatic carboxylic acids is 1. The molecule has 0 aromatic heterocycles. The molecule has 1 atom stereocenters. The number of hydrogen-bond acceptors (Lipinski definition) is 5. The Morgan fingerprint density at radius 1 is 1.48 bits per heavy atom. The van der Waals surface area contributed by atoms with Crippen LogP contribution in [0, 0.1) is 16.0 Å². The van der Waals surface area contributed by atoms with E-state index in [1.54, 1.807) is 12.1 Å². The lowest BCUT2D eigenvalue weighted by Crippen LogP contribution is -2.18. The molecule has 21 heavy (non-hydrogen) atoms. The van der Waals surface area contributed by atoms with E-state index in [0.717, 1.165) is 25.0 Å². The summed E-state index contributed by atoms with van der Waals surface area (Å²) in [5, 5.41) is 23.6. The first-order valence-electron chi connectivity index (χ1n) is 6.74. The van der Waals surface area contributed by atoms with Crippen molar-refractivity contribution in [2.45, 2.75) is 32.1 Å². The van der Waals surface area contributed by atoms with E-state index in [-0.39, 0.29) is 23.8 Å². The summed E-state index contributed by atoms with van der Waals surface area (Å²) >= 11 is 0. The number of nitro benzene ring substituents is 1. The Labute approximate surface area is 121 Å². The molecule has 0 saturated heterocycles. The molecular formula is C14H16N2O5. The molecular weight excluding hydrogens is 276 g/mol. The van der Waals surface area contributed by atoms with Crippen LogP contribution in [0.15, 0.2) is 29.4 Å². The van der Waals surface area contributed by atoms with Crippen molar-refractivity contribution in [1.82, 2.24) is 0 Å². The second-order valence-electron chi connectivity index (χ2n) is 5.03. The van der Waals surface area contributed by atoms with Gasteiger partial charge in [-0.25, -0.2) is 0 Å². The fourth-order valence-corrected chi connectivity index (χ4v) is 2.44. The van der Waals surface area contributed by atoms with Crippen LogP contribution in [0.3, 0.4) is 0 Å². The summed E-state index contributed by atoms with van der Waals surface area (Å²) in [5.41, 5.74) is 0.616. The fraction of sp³-hybridized carbons (Fsp3) is 0.429. The second-order valence-corrected chi connectivity index (χ2v) is 5.03. The highest BCUT2D eigenvalue weighted by Gasteiger charge is 2.21. The van der Waals surface area contributed by atoms with Gasteiger partial charge in [-0.1, -0.05) is 17.3 Å². The Bertz CT molecular complexity index is 570. The van der Waals surface area contributed by atoms with Gasteiger partial charge < -0.3 is 9.94 Å². The number of rotatable bonds is 5. The minimum absolute atomic E-state index is 0.0596. The molecule has 2 rings (SSSR count). The molecule has 1 aliphatic rings. The summed E-state index contributed by atoms with van der Waals surface area (Å²) in [7, 11) is 0. The smallest absolute Gasteiger partial charge is 0.314 e. The minimum Gasteiger partial charge on any atom is -0.481 e. The maximum absolute atomic E-state index is 10.9. The monoisotopic (exact) mass is 292 g/mol. The van der Waals surface area contributed by atoms with Crippen LogP contribution >= 0.6 is 0 Å². The lowest BCUT2D eigenvalue weighted by atomic mass is 9.86. The van der Waals surface area contributed by atoms with Crippen LogP contribution in [-0.4, -0.2) is 21.7 Å². The van der Waals surface area contributed by atoms with Crippen LogP contribution in [0.2, 0.25) is 0 Å².